The van der Waals surface area contributed by atoms with Gasteiger partial charge in [0.15, 0.2) is 13.7 Å². The van der Waals surface area contributed by atoms with E-state index in [0.29, 0.717) is 28.1 Å². The molecule has 0 aliphatic heterocycles. The van der Waals surface area contributed by atoms with E-state index in [9.17, 15) is 19.8 Å². The first kappa shape index (κ1) is 24.1. The van der Waals surface area contributed by atoms with Gasteiger partial charge in [0.05, 0.1) is 29.4 Å². The standard InChI is InChI=1S/C27H24BN5O5/c1-15-8-16(9-24(34)31-19-13-30-33(14-19)26-11-18(26)12-26)2-5-22(15)38-23-6-7-29-21-4-3-17(10-20(21)23)25(35)32-27(28,36)37/h2-8,10,13-14,18,36-37H,9,11-12H2,1H3,(H,31,34)(H,32,35). The number of aliphatic hydroxyl groups is 2. The Bertz CT molecular complexity index is 1590. The molecule has 2 aliphatic rings. The molecule has 38 heavy (non-hydrogen) atoms. The van der Waals surface area contributed by atoms with E-state index in [4.69, 9.17) is 12.6 Å². The summed E-state index contributed by atoms with van der Waals surface area (Å²) in [7, 11) is 5.05. The second-order valence-electron chi connectivity index (χ2n) is 10.0. The summed E-state index contributed by atoms with van der Waals surface area (Å²) in [6.07, 6.45) is 7.76. The molecule has 0 spiro atoms. The van der Waals surface area contributed by atoms with Crippen LogP contribution in [0.25, 0.3) is 10.9 Å². The lowest BCUT2D eigenvalue weighted by Gasteiger charge is -2.18. The first-order valence-electron chi connectivity index (χ1n) is 12.2. The van der Waals surface area contributed by atoms with Gasteiger partial charge in [0.2, 0.25) is 5.91 Å². The number of ether oxygens (including phenoxy) is 1. The van der Waals surface area contributed by atoms with Crippen LogP contribution < -0.4 is 15.4 Å². The molecule has 0 saturated heterocycles. The Hall–Kier alpha value is -4.22. The van der Waals surface area contributed by atoms with Crippen molar-refractivity contribution in [1.29, 1.82) is 0 Å². The number of benzene rings is 2. The summed E-state index contributed by atoms with van der Waals surface area (Å²) < 4.78 is 8.13. The number of fused-ring (bicyclic) bond motifs is 2. The number of nitrogens with one attached hydrogen (secondary N) is 2. The van der Waals surface area contributed by atoms with Gasteiger partial charge in [-0.2, -0.15) is 5.10 Å². The van der Waals surface area contributed by atoms with Crippen LogP contribution >= 0.6 is 0 Å². The molecule has 2 aromatic carbocycles. The van der Waals surface area contributed by atoms with Crippen LogP contribution in [0.2, 0.25) is 0 Å². The first-order chi connectivity index (χ1) is 18.1. The number of aryl methyl sites for hydroxylation is 1. The molecule has 0 atom stereocenters. The minimum Gasteiger partial charge on any atom is -0.456 e. The molecule has 2 fully saturated rings. The van der Waals surface area contributed by atoms with Gasteiger partial charge in [-0.1, -0.05) is 12.1 Å². The summed E-state index contributed by atoms with van der Waals surface area (Å²) in [5.74, 6) is -1.95. The quantitative estimate of drug-likeness (QED) is 0.211. The Kier molecular flexibility index (Phi) is 5.51. The molecule has 6 rings (SSSR count). The van der Waals surface area contributed by atoms with Crippen LogP contribution in [0.5, 0.6) is 11.5 Å². The van der Waals surface area contributed by atoms with Crippen molar-refractivity contribution in [3.05, 3.63) is 77.7 Å². The van der Waals surface area contributed by atoms with Crippen molar-refractivity contribution in [2.24, 2.45) is 5.92 Å². The van der Waals surface area contributed by atoms with Crippen LogP contribution in [0.3, 0.4) is 0 Å². The average molecular weight is 509 g/mol. The maximum absolute atomic E-state index is 12.6. The summed E-state index contributed by atoms with van der Waals surface area (Å²) >= 11 is 0. The Labute approximate surface area is 219 Å². The number of hydrogen-bond donors (Lipinski definition) is 4. The summed E-state index contributed by atoms with van der Waals surface area (Å²) in [6, 6.07) is 11.8. The highest BCUT2D eigenvalue weighted by Crippen LogP contribution is 2.72. The molecule has 2 saturated carbocycles. The van der Waals surface area contributed by atoms with E-state index >= 15 is 0 Å². The molecule has 0 unspecified atom stereocenters. The maximum atomic E-state index is 12.6. The smallest absolute Gasteiger partial charge is 0.254 e. The number of nitrogens with zero attached hydrogens (tertiary/aromatic N) is 3. The lowest BCUT2D eigenvalue weighted by Crippen LogP contribution is -2.48. The molecule has 2 radical (unpaired) electrons. The van der Waals surface area contributed by atoms with Crippen molar-refractivity contribution in [2.45, 2.75) is 37.5 Å². The molecule has 4 aromatic rings. The third kappa shape index (κ3) is 4.73. The summed E-state index contributed by atoms with van der Waals surface area (Å²) in [5.41, 5.74) is 3.32. The zero-order valence-corrected chi connectivity index (χ0v) is 20.5. The third-order valence-electron chi connectivity index (χ3n) is 7.05. The van der Waals surface area contributed by atoms with Crippen LogP contribution in [0.4, 0.5) is 5.69 Å². The number of pyridine rings is 1. The van der Waals surface area contributed by atoms with Gasteiger partial charge in [-0.25, -0.2) is 0 Å². The molecule has 2 aromatic heterocycles. The number of amides is 2. The lowest BCUT2D eigenvalue weighted by atomic mass is 10.0. The molecule has 11 heteroatoms. The predicted molar refractivity (Wildman–Crippen MR) is 139 cm³/mol. The third-order valence-corrected chi connectivity index (χ3v) is 7.05. The summed E-state index contributed by atoms with van der Waals surface area (Å²) in [6.45, 7) is 1.88. The molecule has 2 amide bonds. The highest BCUT2D eigenvalue weighted by atomic mass is 16.5. The van der Waals surface area contributed by atoms with Crippen molar-refractivity contribution in [3.8, 4) is 11.5 Å². The topological polar surface area (TPSA) is 139 Å². The minimum atomic E-state index is -2.84. The molecule has 10 nitrogen and oxygen atoms in total. The fourth-order valence-electron chi connectivity index (χ4n) is 4.72. The zero-order valence-electron chi connectivity index (χ0n) is 20.5. The second kappa shape index (κ2) is 8.68. The van der Waals surface area contributed by atoms with Gasteiger partial charge in [0.1, 0.15) is 11.5 Å². The average Bonchev–Trinajstić information content (AvgIpc) is 3.68. The maximum Gasteiger partial charge on any atom is 0.254 e. The van der Waals surface area contributed by atoms with Crippen LogP contribution in [0.1, 0.15) is 34.3 Å². The molecule has 0 bridgehead atoms. The van der Waals surface area contributed by atoms with Crippen LogP contribution in [0.15, 0.2) is 61.1 Å². The summed E-state index contributed by atoms with van der Waals surface area (Å²) in [5, 5.41) is 28.3. The minimum absolute atomic E-state index is 0.128. The molecule has 2 heterocycles. The van der Waals surface area contributed by atoms with E-state index in [1.165, 1.54) is 25.0 Å². The SMILES string of the molecule is [B]C(O)(O)NC(=O)c1ccc2nccc(Oc3ccc(CC(=O)Nc4cnn(C56CC5C6)c4)cc3C)c2c1. The van der Waals surface area contributed by atoms with Crippen molar-refractivity contribution < 1.29 is 24.5 Å². The van der Waals surface area contributed by atoms with E-state index < -0.39 is 11.7 Å². The first-order valence-corrected chi connectivity index (χ1v) is 12.2. The van der Waals surface area contributed by atoms with Crippen molar-refractivity contribution in [3.63, 3.8) is 0 Å². The molecular weight excluding hydrogens is 485 g/mol. The summed E-state index contributed by atoms with van der Waals surface area (Å²) in [4.78, 5) is 29.2. The normalized spacial score (nSPS) is 19.5. The van der Waals surface area contributed by atoms with Gasteiger partial charge in [0.25, 0.3) is 5.91 Å². The Morgan fingerprint density at radius 2 is 1.97 bits per heavy atom. The van der Waals surface area contributed by atoms with Gasteiger partial charge < -0.3 is 25.6 Å². The van der Waals surface area contributed by atoms with E-state index in [-0.39, 0.29) is 23.4 Å². The fraction of sp³-hybridized carbons (Fsp3) is 0.259. The largest absolute Gasteiger partial charge is 0.456 e. The van der Waals surface area contributed by atoms with E-state index in [1.807, 2.05) is 35.3 Å². The van der Waals surface area contributed by atoms with Gasteiger partial charge in [0, 0.05) is 23.3 Å². The Morgan fingerprint density at radius 1 is 1.18 bits per heavy atom. The number of anilines is 1. The number of rotatable bonds is 8. The van der Waals surface area contributed by atoms with E-state index in [1.54, 1.807) is 30.6 Å². The number of carbonyl (C=O) groups excluding carboxylic acids is 2. The zero-order chi connectivity index (χ0) is 26.7. The predicted octanol–water partition coefficient (Wildman–Crippen LogP) is 2.33. The van der Waals surface area contributed by atoms with Gasteiger partial charge >= 0.3 is 0 Å². The highest BCUT2D eigenvalue weighted by molar-refractivity contribution is 6.15. The molecule has 4 N–H and O–H groups in total. The van der Waals surface area contributed by atoms with Crippen molar-refractivity contribution in [2.75, 3.05) is 5.32 Å². The lowest BCUT2D eigenvalue weighted by molar-refractivity contribution is -0.115. The molecule has 2 aliphatic carbocycles. The van der Waals surface area contributed by atoms with Gasteiger partial charge in [-0.3, -0.25) is 19.3 Å². The van der Waals surface area contributed by atoms with Crippen LogP contribution in [-0.2, 0) is 16.8 Å². The highest BCUT2D eigenvalue weighted by Gasteiger charge is 2.72. The monoisotopic (exact) mass is 509 g/mol. The second-order valence-corrected chi connectivity index (χ2v) is 10.0. The van der Waals surface area contributed by atoms with Gasteiger partial charge in [-0.05, 0) is 67.1 Å². The van der Waals surface area contributed by atoms with E-state index in [2.05, 4.69) is 15.4 Å². The molecule has 190 valence electrons. The number of hydrogen-bond acceptors (Lipinski definition) is 7. The Balaban J connectivity index is 1.15. The van der Waals surface area contributed by atoms with Crippen LogP contribution in [-0.4, -0.2) is 50.4 Å². The van der Waals surface area contributed by atoms with E-state index in [0.717, 1.165) is 17.0 Å². The van der Waals surface area contributed by atoms with Crippen LogP contribution in [0, 0.1) is 12.8 Å². The number of carbonyl (C=O) groups is 2. The van der Waals surface area contributed by atoms with Gasteiger partial charge in [-0.15, -0.1) is 0 Å². The molecular formula is C27H24BN5O5. The van der Waals surface area contributed by atoms with Crippen molar-refractivity contribution in [1.82, 2.24) is 20.1 Å². The fourth-order valence-corrected chi connectivity index (χ4v) is 4.72. The number of aromatic nitrogens is 3. The Morgan fingerprint density at radius 3 is 2.68 bits per heavy atom. The van der Waals surface area contributed by atoms with Crippen molar-refractivity contribution >= 4 is 36.3 Å².